The molecule has 0 aromatic heterocycles. The first-order valence-corrected chi connectivity index (χ1v) is 14.3. The Bertz CT molecular complexity index is 1420. The number of aromatic carboxylic acids is 1. The quantitative estimate of drug-likeness (QED) is 0.406. The zero-order chi connectivity index (χ0) is 29.7. The molecule has 0 saturated heterocycles. The maximum absolute atomic E-state index is 13.8. The van der Waals surface area contributed by atoms with Crippen LogP contribution < -0.4 is 9.47 Å². The van der Waals surface area contributed by atoms with E-state index in [0.29, 0.717) is 30.9 Å². The van der Waals surface area contributed by atoms with Crippen LogP contribution in [0.1, 0.15) is 87.7 Å². The van der Waals surface area contributed by atoms with Crippen LogP contribution in [0.15, 0.2) is 65.0 Å². The summed E-state index contributed by atoms with van der Waals surface area (Å²) in [4.78, 5) is 40.9. The molecule has 1 aliphatic heterocycles. The van der Waals surface area contributed by atoms with Gasteiger partial charge in [-0.15, -0.1) is 0 Å². The highest BCUT2D eigenvalue weighted by Gasteiger charge is 2.48. The van der Waals surface area contributed by atoms with Gasteiger partial charge in [-0.2, -0.15) is 0 Å². The van der Waals surface area contributed by atoms with Gasteiger partial charge in [0.15, 0.2) is 23.1 Å². The Morgan fingerprint density at radius 1 is 0.854 bits per heavy atom. The number of carboxylic acid groups (broad SMARTS) is 1. The van der Waals surface area contributed by atoms with Gasteiger partial charge in [-0.05, 0) is 66.0 Å². The lowest BCUT2D eigenvalue weighted by molar-refractivity contribution is -0.119. The van der Waals surface area contributed by atoms with Crippen molar-refractivity contribution >= 4 is 17.5 Å². The van der Waals surface area contributed by atoms with E-state index in [1.165, 1.54) is 0 Å². The van der Waals surface area contributed by atoms with E-state index in [2.05, 4.69) is 32.6 Å². The molecule has 0 unspecified atom stereocenters. The van der Waals surface area contributed by atoms with Crippen molar-refractivity contribution in [1.29, 1.82) is 0 Å². The summed E-state index contributed by atoms with van der Waals surface area (Å²) < 4.78 is 12.1. The normalized spacial score (nSPS) is 20.1. The summed E-state index contributed by atoms with van der Waals surface area (Å²) in [6, 6.07) is 12.3. The van der Waals surface area contributed by atoms with E-state index in [4.69, 9.17) is 14.6 Å². The van der Waals surface area contributed by atoms with Gasteiger partial charge in [-0.3, -0.25) is 9.59 Å². The van der Waals surface area contributed by atoms with Crippen LogP contribution in [-0.2, 0) is 16.2 Å². The standard InChI is InChI=1S/C34H39NO6/c1-7-40-28-14-22(12-13-27(28)41-19-20-8-10-21(11-9-20)32(38)39)29-30-23(15-33(2,3)17-25(30)36)35(6)24-16-34(4,5)18-26(37)31(24)29/h8-14,29H,7,15-19H2,1-6H3,(H,38,39). The number of hydrogen-bond acceptors (Lipinski definition) is 6. The molecule has 2 aliphatic carbocycles. The first-order valence-electron chi connectivity index (χ1n) is 14.3. The van der Waals surface area contributed by atoms with Crippen LogP contribution in [0.2, 0.25) is 0 Å². The van der Waals surface area contributed by atoms with Crippen molar-refractivity contribution in [2.45, 2.75) is 72.8 Å². The van der Waals surface area contributed by atoms with Crippen LogP contribution in [0.5, 0.6) is 11.5 Å². The zero-order valence-electron chi connectivity index (χ0n) is 24.8. The van der Waals surface area contributed by atoms with Crippen LogP contribution >= 0.6 is 0 Å². The second-order valence-electron chi connectivity index (χ2n) is 13.0. The summed E-state index contributed by atoms with van der Waals surface area (Å²) in [5.41, 5.74) is 5.08. The lowest BCUT2D eigenvalue weighted by Gasteiger charge is -2.47. The Morgan fingerprint density at radius 2 is 1.41 bits per heavy atom. The average molecular weight is 558 g/mol. The third kappa shape index (κ3) is 5.54. The monoisotopic (exact) mass is 557 g/mol. The average Bonchev–Trinajstić information content (AvgIpc) is 2.88. The predicted octanol–water partition coefficient (Wildman–Crippen LogP) is 6.68. The van der Waals surface area contributed by atoms with Crippen molar-refractivity contribution < 1.29 is 29.0 Å². The number of ketones is 2. The van der Waals surface area contributed by atoms with Crippen molar-refractivity contribution in [3.05, 3.63) is 81.7 Å². The highest BCUT2D eigenvalue weighted by Crippen LogP contribution is 2.54. The molecule has 3 aliphatic rings. The molecule has 0 radical (unpaired) electrons. The summed E-state index contributed by atoms with van der Waals surface area (Å²) in [6.45, 7) is 11.1. The Morgan fingerprint density at radius 3 is 1.93 bits per heavy atom. The summed E-state index contributed by atoms with van der Waals surface area (Å²) in [6.07, 6.45) is 2.43. The van der Waals surface area contributed by atoms with Crippen LogP contribution in [0.4, 0.5) is 0 Å². The number of hydrogen-bond donors (Lipinski definition) is 1. The van der Waals surface area contributed by atoms with Gasteiger partial charge in [0.25, 0.3) is 0 Å². The van der Waals surface area contributed by atoms with Gasteiger partial charge in [0.05, 0.1) is 12.2 Å². The number of carboxylic acids is 1. The predicted molar refractivity (Wildman–Crippen MR) is 156 cm³/mol. The van der Waals surface area contributed by atoms with E-state index >= 15 is 0 Å². The van der Waals surface area contributed by atoms with Crippen LogP contribution in [-0.4, -0.2) is 41.2 Å². The smallest absolute Gasteiger partial charge is 0.335 e. The first kappa shape index (κ1) is 28.7. The number of carbonyl (C=O) groups is 3. The van der Waals surface area contributed by atoms with Crippen molar-refractivity contribution in [2.24, 2.45) is 10.8 Å². The van der Waals surface area contributed by atoms with Gasteiger partial charge in [0.2, 0.25) is 0 Å². The second kappa shape index (κ2) is 10.5. The summed E-state index contributed by atoms with van der Waals surface area (Å²) in [5, 5.41) is 9.16. The van der Waals surface area contributed by atoms with Gasteiger partial charge in [-0.25, -0.2) is 4.79 Å². The minimum atomic E-state index is -0.975. The highest BCUT2D eigenvalue weighted by molar-refractivity contribution is 6.06. The minimum absolute atomic E-state index is 0.0976. The molecule has 5 rings (SSSR count). The fourth-order valence-electron chi connectivity index (χ4n) is 6.49. The lowest BCUT2D eigenvalue weighted by atomic mass is 9.64. The molecule has 41 heavy (non-hydrogen) atoms. The largest absolute Gasteiger partial charge is 0.490 e. The van der Waals surface area contributed by atoms with E-state index in [9.17, 15) is 14.4 Å². The molecule has 7 nitrogen and oxygen atoms in total. The molecule has 0 bridgehead atoms. The topological polar surface area (TPSA) is 93.1 Å². The Hall–Kier alpha value is -3.87. The SMILES string of the molecule is CCOc1cc(C2C3=C(CC(C)(C)CC3=O)N(C)C3=C2C(=O)CC(C)(C)C3)ccc1OCc1ccc(C(=O)O)cc1. The lowest BCUT2D eigenvalue weighted by Crippen LogP contribution is -2.43. The van der Waals surface area contributed by atoms with Crippen molar-refractivity contribution in [3.8, 4) is 11.5 Å². The highest BCUT2D eigenvalue weighted by atomic mass is 16.5. The molecule has 0 amide bonds. The maximum Gasteiger partial charge on any atom is 0.335 e. The number of ether oxygens (including phenoxy) is 2. The van der Waals surface area contributed by atoms with Crippen LogP contribution in [0.3, 0.4) is 0 Å². The van der Waals surface area contributed by atoms with Gasteiger partial charge >= 0.3 is 5.97 Å². The van der Waals surface area contributed by atoms with E-state index in [1.54, 1.807) is 24.3 Å². The Balaban J connectivity index is 1.56. The molecule has 0 atom stereocenters. The number of rotatable bonds is 7. The summed E-state index contributed by atoms with van der Waals surface area (Å²) in [7, 11) is 2.01. The molecular weight excluding hydrogens is 518 g/mol. The van der Waals surface area contributed by atoms with Crippen molar-refractivity contribution in [3.63, 3.8) is 0 Å². The van der Waals surface area contributed by atoms with Gasteiger partial charge in [-0.1, -0.05) is 45.9 Å². The van der Waals surface area contributed by atoms with E-state index < -0.39 is 11.9 Å². The molecule has 0 saturated carbocycles. The zero-order valence-corrected chi connectivity index (χ0v) is 24.8. The summed E-state index contributed by atoms with van der Waals surface area (Å²) in [5.74, 6) is -0.137. The molecule has 216 valence electrons. The fourth-order valence-corrected chi connectivity index (χ4v) is 6.49. The van der Waals surface area contributed by atoms with Gasteiger partial charge < -0.3 is 19.5 Å². The number of nitrogens with zero attached hydrogens (tertiary/aromatic N) is 1. The molecule has 1 heterocycles. The summed E-state index contributed by atoms with van der Waals surface area (Å²) >= 11 is 0. The maximum atomic E-state index is 13.8. The third-order valence-electron chi connectivity index (χ3n) is 8.38. The molecule has 2 aromatic carbocycles. The molecule has 0 fully saturated rings. The molecule has 7 heteroatoms. The molecule has 2 aromatic rings. The molecule has 0 spiro atoms. The minimum Gasteiger partial charge on any atom is -0.490 e. The fraction of sp³-hybridized carbons (Fsp3) is 0.441. The number of Topliss-reactive ketones (excluding diaryl/α,β-unsaturated/α-hetero) is 2. The van der Waals surface area contributed by atoms with Crippen LogP contribution in [0, 0.1) is 10.8 Å². The molecule has 1 N–H and O–H groups in total. The van der Waals surface area contributed by atoms with Crippen LogP contribution in [0.25, 0.3) is 0 Å². The Kier molecular flexibility index (Phi) is 7.35. The van der Waals surface area contributed by atoms with Gasteiger partial charge in [0.1, 0.15) is 6.61 Å². The number of benzene rings is 2. The third-order valence-corrected chi connectivity index (χ3v) is 8.38. The van der Waals surface area contributed by atoms with E-state index in [1.807, 2.05) is 32.2 Å². The molecular formula is C34H39NO6. The van der Waals surface area contributed by atoms with E-state index in [0.717, 1.165) is 46.5 Å². The van der Waals surface area contributed by atoms with E-state index in [-0.39, 0.29) is 34.6 Å². The van der Waals surface area contributed by atoms with Crippen molar-refractivity contribution in [2.75, 3.05) is 13.7 Å². The van der Waals surface area contributed by atoms with Crippen molar-refractivity contribution in [1.82, 2.24) is 4.90 Å². The first-order chi connectivity index (χ1) is 19.3. The van der Waals surface area contributed by atoms with Gasteiger partial charge in [0, 0.05) is 48.3 Å². The second-order valence-corrected chi connectivity index (χ2v) is 13.0. The number of allylic oxidation sites excluding steroid dienone is 4. The Labute approximate surface area is 241 Å². The number of carbonyl (C=O) groups excluding carboxylic acids is 2.